The summed E-state index contributed by atoms with van der Waals surface area (Å²) >= 11 is 0. The number of carbonyl (C=O) groups is 2. The van der Waals surface area contributed by atoms with Gasteiger partial charge in [-0.3, -0.25) is 14.4 Å². The Hall–Kier alpha value is -2.48. The first kappa shape index (κ1) is 21.6. The van der Waals surface area contributed by atoms with Gasteiger partial charge >= 0.3 is 0 Å². The molecule has 1 aromatic carbocycles. The minimum absolute atomic E-state index is 0.261. The van der Waals surface area contributed by atoms with Crippen LogP contribution in [0.2, 0.25) is 0 Å². The van der Waals surface area contributed by atoms with Crippen molar-refractivity contribution in [3.05, 3.63) is 60.7 Å². The number of amides is 2. The number of ether oxygens (including phenoxy) is 2. The third-order valence-electron chi connectivity index (χ3n) is 3.35. The average molecular weight is 362 g/mol. The van der Waals surface area contributed by atoms with Crippen LogP contribution in [-0.2, 0) is 25.7 Å². The van der Waals surface area contributed by atoms with Crippen LogP contribution >= 0.6 is 0 Å². The van der Waals surface area contributed by atoms with Crippen molar-refractivity contribution < 1.29 is 23.9 Å². The number of benzene rings is 1. The maximum absolute atomic E-state index is 12.6. The second-order valence-electron chi connectivity index (χ2n) is 5.29. The average Bonchev–Trinajstić information content (AvgIpc) is 2.64. The Morgan fingerprint density at radius 3 is 2.58 bits per heavy atom. The second-order valence-corrected chi connectivity index (χ2v) is 5.29. The van der Waals surface area contributed by atoms with Crippen LogP contribution in [0.3, 0.4) is 0 Å². The molecule has 0 saturated carbocycles. The van der Waals surface area contributed by atoms with Crippen LogP contribution in [0.4, 0.5) is 0 Å². The van der Waals surface area contributed by atoms with E-state index in [-0.39, 0.29) is 18.9 Å². The Labute approximate surface area is 154 Å². The second kappa shape index (κ2) is 12.8. The summed E-state index contributed by atoms with van der Waals surface area (Å²) in [7, 11) is 1.33. The molecular formula is C19H26N2O5. The molecule has 2 amide bonds. The lowest BCUT2D eigenvalue weighted by molar-refractivity contribution is -0.133. The predicted molar refractivity (Wildman–Crippen MR) is 98.3 cm³/mol. The molecule has 0 saturated heterocycles. The quantitative estimate of drug-likeness (QED) is 0.317. The number of hydrogen-bond acceptors (Lipinski definition) is 5. The van der Waals surface area contributed by atoms with Gasteiger partial charge in [-0.2, -0.15) is 0 Å². The Kier molecular flexibility index (Phi) is 10.6. The monoisotopic (exact) mass is 362 g/mol. The van der Waals surface area contributed by atoms with E-state index < -0.39 is 11.9 Å². The molecule has 142 valence electrons. The highest BCUT2D eigenvalue weighted by Gasteiger charge is 2.21. The van der Waals surface area contributed by atoms with Crippen molar-refractivity contribution in [2.45, 2.75) is 19.1 Å². The van der Waals surface area contributed by atoms with E-state index >= 15 is 0 Å². The first-order chi connectivity index (χ1) is 12.6. The summed E-state index contributed by atoms with van der Waals surface area (Å²) in [6.45, 7) is 8.74. The first-order valence-corrected chi connectivity index (χ1v) is 8.22. The molecule has 0 fully saturated rings. The highest BCUT2D eigenvalue weighted by molar-refractivity contribution is 5.98. The fourth-order valence-electron chi connectivity index (χ4n) is 2.14. The van der Waals surface area contributed by atoms with Gasteiger partial charge in [0.25, 0.3) is 11.8 Å². The van der Waals surface area contributed by atoms with Crippen LogP contribution in [0, 0.1) is 0 Å². The Morgan fingerprint density at radius 2 is 1.88 bits per heavy atom. The van der Waals surface area contributed by atoms with Gasteiger partial charge in [0.05, 0.1) is 33.5 Å². The Bertz CT molecular complexity index is 603. The van der Waals surface area contributed by atoms with Crippen LogP contribution in [0.1, 0.15) is 22.3 Å². The molecule has 0 spiro atoms. The molecule has 0 bridgehead atoms. The lowest BCUT2D eigenvalue weighted by Gasteiger charge is -2.17. The van der Waals surface area contributed by atoms with Gasteiger partial charge in [0.1, 0.15) is 6.04 Å². The molecule has 26 heavy (non-hydrogen) atoms. The molecule has 0 aliphatic heterocycles. The van der Waals surface area contributed by atoms with Gasteiger partial charge in [-0.25, -0.2) is 5.48 Å². The van der Waals surface area contributed by atoms with Gasteiger partial charge in [0.2, 0.25) is 0 Å². The van der Waals surface area contributed by atoms with E-state index in [1.54, 1.807) is 30.4 Å². The summed E-state index contributed by atoms with van der Waals surface area (Å²) in [5, 5.41) is 2.68. The molecule has 2 N–H and O–H groups in total. The van der Waals surface area contributed by atoms with Crippen molar-refractivity contribution in [3.8, 4) is 0 Å². The van der Waals surface area contributed by atoms with Crippen LogP contribution in [-0.4, -0.2) is 44.8 Å². The largest absolute Gasteiger partial charge is 0.375 e. The molecule has 0 unspecified atom stereocenters. The van der Waals surface area contributed by atoms with E-state index in [4.69, 9.17) is 9.47 Å². The number of hydrogen-bond donors (Lipinski definition) is 2. The molecule has 0 heterocycles. The number of hydroxylamine groups is 1. The Balaban J connectivity index is 2.68. The lowest BCUT2D eigenvalue weighted by atomic mass is 10.1. The maximum Gasteiger partial charge on any atom is 0.266 e. The zero-order chi connectivity index (χ0) is 19.2. The first-order valence-electron chi connectivity index (χ1n) is 8.22. The SMILES string of the molecule is C=CCOCCOCc1ccccc1C(=O)N[C@@H](CC=C)C(=O)NOC. The molecule has 0 aliphatic rings. The lowest BCUT2D eigenvalue weighted by Crippen LogP contribution is -2.46. The van der Waals surface area contributed by atoms with Crippen molar-refractivity contribution in [2.75, 3.05) is 26.9 Å². The predicted octanol–water partition coefficient (Wildman–Crippen LogP) is 1.76. The molecule has 7 heteroatoms. The summed E-state index contributed by atoms with van der Waals surface area (Å²) in [6, 6.07) is 6.28. The van der Waals surface area contributed by atoms with E-state index in [1.807, 2.05) is 6.07 Å². The van der Waals surface area contributed by atoms with Crippen molar-refractivity contribution in [2.24, 2.45) is 0 Å². The minimum Gasteiger partial charge on any atom is -0.375 e. The summed E-state index contributed by atoms with van der Waals surface area (Å²) < 4.78 is 10.8. The van der Waals surface area contributed by atoms with Gasteiger partial charge in [0.15, 0.2) is 0 Å². The molecule has 1 rings (SSSR count). The third-order valence-corrected chi connectivity index (χ3v) is 3.35. The summed E-state index contributed by atoms with van der Waals surface area (Å²) in [6.07, 6.45) is 3.50. The highest BCUT2D eigenvalue weighted by atomic mass is 16.6. The molecule has 1 atom stereocenters. The van der Waals surface area contributed by atoms with E-state index in [2.05, 4.69) is 28.8 Å². The Morgan fingerprint density at radius 1 is 1.15 bits per heavy atom. The van der Waals surface area contributed by atoms with Gasteiger partial charge in [-0.1, -0.05) is 30.4 Å². The zero-order valence-corrected chi connectivity index (χ0v) is 15.0. The maximum atomic E-state index is 12.6. The van der Waals surface area contributed by atoms with Crippen LogP contribution in [0.5, 0.6) is 0 Å². The molecule has 0 aliphatic carbocycles. The van der Waals surface area contributed by atoms with Crippen molar-refractivity contribution in [3.63, 3.8) is 0 Å². The van der Waals surface area contributed by atoms with Crippen LogP contribution in [0.15, 0.2) is 49.6 Å². The minimum atomic E-state index is -0.777. The molecular weight excluding hydrogens is 336 g/mol. The van der Waals surface area contributed by atoms with E-state index in [0.29, 0.717) is 25.4 Å². The van der Waals surface area contributed by atoms with E-state index in [9.17, 15) is 9.59 Å². The summed E-state index contributed by atoms with van der Waals surface area (Å²) in [4.78, 5) is 29.1. The topological polar surface area (TPSA) is 85.9 Å². The summed E-state index contributed by atoms with van der Waals surface area (Å²) in [5.74, 6) is -0.820. The highest BCUT2D eigenvalue weighted by Crippen LogP contribution is 2.11. The zero-order valence-electron chi connectivity index (χ0n) is 15.0. The number of nitrogens with one attached hydrogen (secondary N) is 2. The summed E-state index contributed by atoms with van der Waals surface area (Å²) in [5.41, 5.74) is 3.38. The van der Waals surface area contributed by atoms with Gasteiger partial charge in [0, 0.05) is 5.56 Å². The van der Waals surface area contributed by atoms with Gasteiger partial charge in [-0.15, -0.1) is 13.2 Å². The van der Waals surface area contributed by atoms with E-state index in [1.165, 1.54) is 7.11 Å². The molecule has 0 aromatic heterocycles. The fourth-order valence-corrected chi connectivity index (χ4v) is 2.14. The molecule has 0 radical (unpaired) electrons. The van der Waals surface area contributed by atoms with Crippen LogP contribution < -0.4 is 10.8 Å². The number of carbonyl (C=O) groups excluding carboxylic acids is 2. The van der Waals surface area contributed by atoms with Gasteiger partial charge in [-0.05, 0) is 18.1 Å². The normalized spacial score (nSPS) is 11.4. The number of rotatable bonds is 13. The molecule has 7 nitrogen and oxygen atoms in total. The van der Waals surface area contributed by atoms with Crippen molar-refractivity contribution in [1.29, 1.82) is 0 Å². The fraction of sp³-hybridized carbons (Fsp3) is 0.368. The van der Waals surface area contributed by atoms with Crippen LogP contribution in [0.25, 0.3) is 0 Å². The standard InChI is InChI=1S/C19H26N2O5/c1-4-8-17(19(23)21-24-3)20-18(22)16-10-7-6-9-15(16)14-26-13-12-25-11-5-2/h4-7,9-10,17H,1-2,8,11-14H2,3H3,(H,20,22)(H,21,23)/t17-/m0/s1. The van der Waals surface area contributed by atoms with Crippen molar-refractivity contribution >= 4 is 11.8 Å². The van der Waals surface area contributed by atoms with E-state index in [0.717, 1.165) is 5.56 Å². The smallest absolute Gasteiger partial charge is 0.266 e. The van der Waals surface area contributed by atoms with Gasteiger partial charge < -0.3 is 14.8 Å². The third kappa shape index (κ3) is 7.60. The van der Waals surface area contributed by atoms with Crippen molar-refractivity contribution in [1.82, 2.24) is 10.8 Å². The molecule has 1 aromatic rings.